The van der Waals surface area contributed by atoms with E-state index >= 15 is 0 Å². The van der Waals surface area contributed by atoms with Gasteiger partial charge in [0.15, 0.2) is 0 Å². The number of rotatable bonds is 6. The van der Waals surface area contributed by atoms with Crippen LogP contribution in [0.1, 0.15) is 24.8 Å². The molecule has 0 aliphatic heterocycles. The van der Waals surface area contributed by atoms with E-state index in [1.54, 1.807) is 17.0 Å². The molecule has 1 saturated carbocycles. The van der Waals surface area contributed by atoms with Crippen molar-refractivity contribution in [2.24, 2.45) is 0 Å². The lowest BCUT2D eigenvalue weighted by Gasteiger charge is -2.21. The number of halogens is 1. The van der Waals surface area contributed by atoms with Crippen LogP contribution in [-0.2, 0) is 11.2 Å². The fourth-order valence-corrected chi connectivity index (χ4v) is 2.05. The van der Waals surface area contributed by atoms with Crippen molar-refractivity contribution >= 4 is 5.91 Å². The molecule has 18 heavy (non-hydrogen) atoms. The summed E-state index contributed by atoms with van der Waals surface area (Å²) in [5.74, 6) is -0.180. The summed E-state index contributed by atoms with van der Waals surface area (Å²) >= 11 is 0. The molecule has 1 aliphatic rings. The van der Waals surface area contributed by atoms with Gasteiger partial charge in [0.05, 0.1) is 6.61 Å². The van der Waals surface area contributed by atoms with Crippen LogP contribution in [0.4, 0.5) is 4.39 Å². The Bertz CT molecular complexity index is 401. The second kappa shape index (κ2) is 5.96. The zero-order valence-corrected chi connectivity index (χ0v) is 10.3. The lowest BCUT2D eigenvalue weighted by atomic mass is 10.1. The predicted octanol–water partition coefficient (Wildman–Crippen LogP) is 1.74. The van der Waals surface area contributed by atoms with E-state index in [9.17, 15) is 9.18 Å². The fourth-order valence-electron chi connectivity index (χ4n) is 2.05. The van der Waals surface area contributed by atoms with Gasteiger partial charge in [-0.05, 0) is 37.0 Å². The minimum atomic E-state index is -0.259. The van der Waals surface area contributed by atoms with Gasteiger partial charge in [0.1, 0.15) is 5.82 Å². The van der Waals surface area contributed by atoms with Crippen molar-refractivity contribution in [1.82, 2.24) is 4.90 Å². The highest BCUT2D eigenvalue weighted by atomic mass is 19.1. The highest BCUT2D eigenvalue weighted by Crippen LogP contribution is 2.27. The van der Waals surface area contributed by atoms with Gasteiger partial charge in [0, 0.05) is 19.0 Å². The van der Waals surface area contributed by atoms with Gasteiger partial charge < -0.3 is 10.0 Å². The predicted molar refractivity (Wildman–Crippen MR) is 66.5 cm³/mol. The number of carbonyl (C=O) groups excluding carboxylic acids is 1. The molecular formula is C14H18FNO2. The third kappa shape index (κ3) is 3.53. The third-order valence-electron chi connectivity index (χ3n) is 3.19. The van der Waals surface area contributed by atoms with Crippen LogP contribution in [0.25, 0.3) is 0 Å². The Morgan fingerprint density at radius 1 is 1.33 bits per heavy atom. The summed E-state index contributed by atoms with van der Waals surface area (Å²) in [5.41, 5.74) is 0.962. The summed E-state index contributed by atoms with van der Waals surface area (Å²) in [5, 5.41) is 8.94. The van der Waals surface area contributed by atoms with Crippen LogP contribution < -0.4 is 0 Å². The number of amides is 1. The van der Waals surface area contributed by atoms with E-state index in [4.69, 9.17) is 5.11 Å². The van der Waals surface area contributed by atoms with Gasteiger partial charge in [-0.25, -0.2) is 4.39 Å². The van der Waals surface area contributed by atoms with Crippen LogP contribution >= 0.6 is 0 Å². The van der Waals surface area contributed by atoms with Crippen molar-refractivity contribution in [1.29, 1.82) is 0 Å². The lowest BCUT2D eigenvalue weighted by molar-refractivity contribution is -0.132. The van der Waals surface area contributed by atoms with Gasteiger partial charge in [0.2, 0.25) is 5.91 Å². The average molecular weight is 251 g/mol. The molecule has 0 unspecified atom stereocenters. The van der Waals surface area contributed by atoms with E-state index in [1.165, 1.54) is 12.1 Å². The molecular weight excluding hydrogens is 233 g/mol. The number of nitrogens with zero attached hydrogens (tertiary/aromatic N) is 1. The van der Waals surface area contributed by atoms with Crippen molar-refractivity contribution in [2.75, 3.05) is 13.2 Å². The molecule has 0 heterocycles. The van der Waals surface area contributed by atoms with Gasteiger partial charge >= 0.3 is 0 Å². The standard InChI is InChI=1S/C14H18FNO2/c15-12-4-1-11(2-5-12)3-8-14(18)16(9-10-17)13-6-7-13/h1-2,4-5,13,17H,3,6-10H2. The van der Waals surface area contributed by atoms with Crippen LogP contribution in [0, 0.1) is 5.82 Å². The summed E-state index contributed by atoms with van der Waals surface area (Å²) in [6.07, 6.45) is 3.13. The summed E-state index contributed by atoms with van der Waals surface area (Å²) in [6, 6.07) is 6.56. The number of carbonyl (C=O) groups is 1. The Hall–Kier alpha value is -1.42. The number of benzene rings is 1. The molecule has 0 saturated heterocycles. The molecule has 98 valence electrons. The number of aliphatic hydroxyl groups is 1. The van der Waals surface area contributed by atoms with Crippen LogP contribution in [0.3, 0.4) is 0 Å². The molecule has 1 amide bonds. The topological polar surface area (TPSA) is 40.5 Å². The number of hydrogen-bond acceptors (Lipinski definition) is 2. The van der Waals surface area contributed by atoms with E-state index in [0.29, 0.717) is 25.4 Å². The van der Waals surface area contributed by atoms with Gasteiger partial charge in [0.25, 0.3) is 0 Å². The molecule has 1 N–H and O–H groups in total. The summed E-state index contributed by atoms with van der Waals surface area (Å²) in [4.78, 5) is 13.8. The van der Waals surface area contributed by atoms with Gasteiger partial charge in [-0.1, -0.05) is 12.1 Å². The minimum Gasteiger partial charge on any atom is -0.395 e. The van der Waals surface area contributed by atoms with Crippen molar-refractivity contribution in [3.63, 3.8) is 0 Å². The number of aryl methyl sites for hydroxylation is 1. The molecule has 3 nitrogen and oxygen atoms in total. The summed E-state index contributed by atoms with van der Waals surface area (Å²) in [6.45, 7) is 0.436. The third-order valence-corrected chi connectivity index (χ3v) is 3.19. The van der Waals surface area contributed by atoms with E-state index < -0.39 is 0 Å². The van der Waals surface area contributed by atoms with Crippen LogP contribution in [-0.4, -0.2) is 35.1 Å². The molecule has 0 bridgehead atoms. The monoisotopic (exact) mass is 251 g/mol. The van der Waals surface area contributed by atoms with Gasteiger partial charge in [-0.2, -0.15) is 0 Å². The van der Waals surface area contributed by atoms with E-state index in [-0.39, 0.29) is 18.3 Å². The Balaban J connectivity index is 1.84. The highest BCUT2D eigenvalue weighted by molar-refractivity contribution is 5.77. The summed E-state index contributed by atoms with van der Waals surface area (Å²) in [7, 11) is 0. The van der Waals surface area contributed by atoms with Crippen molar-refractivity contribution in [3.8, 4) is 0 Å². The van der Waals surface area contributed by atoms with Gasteiger partial charge in [-0.15, -0.1) is 0 Å². The van der Waals surface area contributed by atoms with Crippen molar-refractivity contribution in [2.45, 2.75) is 31.7 Å². The molecule has 4 heteroatoms. The largest absolute Gasteiger partial charge is 0.395 e. The van der Waals surface area contributed by atoms with Gasteiger partial charge in [-0.3, -0.25) is 4.79 Å². The maximum Gasteiger partial charge on any atom is 0.223 e. The number of hydrogen-bond donors (Lipinski definition) is 1. The van der Waals surface area contributed by atoms with Crippen LogP contribution in [0.5, 0.6) is 0 Å². The highest BCUT2D eigenvalue weighted by Gasteiger charge is 2.31. The second-order valence-electron chi connectivity index (χ2n) is 4.67. The maximum absolute atomic E-state index is 12.7. The molecule has 1 fully saturated rings. The first-order chi connectivity index (χ1) is 8.70. The first-order valence-corrected chi connectivity index (χ1v) is 6.35. The van der Waals surface area contributed by atoms with Crippen molar-refractivity contribution in [3.05, 3.63) is 35.6 Å². The van der Waals surface area contributed by atoms with E-state index in [0.717, 1.165) is 18.4 Å². The average Bonchev–Trinajstić information content (AvgIpc) is 3.19. The van der Waals surface area contributed by atoms with Crippen molar-refractivity contribution < 1.29 is 14.3 Å². The molecule has 1 aliphatic carbocycles. The molecule has 0 radical (unpaired) electrons. The normalized spacial score (nSPS) is 14.6. The molecule has 2 rings (SSSR count). The molecule has 1 aromatic rings. The maximum atomic E-state index is 12.7. The Kier molecular flexibility index (Phi) is 4.31. The Labute approximate surface area is 106 Å². The van der Waals surface area contributed by atoms with Crippen LogP contribution in [0.2, 0.25) is 0 Å². The molecule has 0 atom stereocenters. The molecule has 1 aromatic carbocycles. The first-order valence-electron chi connectivity index (χ1n) is 6.35. The second-order valence-corrected chi connectivity index (χ2v) is 4.67. The molecule has 0 aromatic heterocycles. The Morgan fingerprint density at radius 3 is 2.56 bits per heavy atom. The SMILES string of the molecule is O=C(CCc1ccc(F)cc1)N(CCO)C1CC1. The lowest BCUT2D eigenvalue weighted by Crippen LogP contribution is -2.35. The quantitative estimate of drug-likeness (QED) is 0.836. The molecule has 0 spiro atoms. The van der Waals surface area contributed by atoms with E-state index in [2.05, 4.69) is 0 Å². The summed E-state index contributed by atoms with van der Waals surface area (Å²) < 4.78 is 12.7. The minimum absolute atomic E-state index is 0.0127. The first kappa shape index (κ1) is 13.0. The number of aliphatic hydroxyl groups excluding tert-OH is 1. The zero-order chi connectivity index (χ0) is 13.0. The smallest absolute Gasteiger partial charge is 0.223 e. The fraction of sp³-hybridized carbons (Fsp3) is 0.500. The van der Waals surface area contributed by atoms with Crippen LogP contribution in [0.15, 0.2) is 24.3 Å². The zero-order valence-electron chi connectivity index (χ0n) is 10.3. The van der Waals surface area contributed by atoms with E-state index in [1.807, 2.05) is 0 Å². The Morgan fingerprint density at radius 2 is 2.00 bits per heavy atom.